The number of benzene rings is 2. The molecule has 3 N–H and O–H groups in total. The average Bonchev–Trinajstić information content (AvgIpc) is 3.21. The number of amides is 1. The molecule has 11 heteroatoms. The number of aromatic nitrogens is 2. The second-order valence-electron chi connectivity index (χ2n) is 8.51. The fourth-order valence-electron chi connectivity index (χ4n) is 3.00. The van der Waals surface area contributed by atoms with Crippen LogP contribution in [0.5, 0.6) is 17.2 Å². The Labute approximate surface area is 216 Å². The van der Waals surface area contributed by atoms with Gasteiger partial charge in [-0.25, -0.2) is 5.43 Å². The van der Waals surface area contributed by atoms with Crippen LogP contribution in [0, 0.1) is 0 Å². The van der Waals surface area contributed by atoms with Gasteiger partial charge in [0.1, 0.15) is 24.0 Å². The summed E-state index contributed by atoms with van der Waals surface area (Å²) in [6.07, 6.45) is 1.56. The summed E-state index contributed by atoms with van der Waals surface area (Å²) in [6.45, 7) is 7.23. The molecule has 0 spiro atoms. The number of ether oxygens (including phenoxy) is 3. The molecule has 35 heavy (non-hydrogen) atoms. The van der Waals surface area contributed by atoms with E-state index in [0.717, 1.165) is 17.1 Å². The summed E-state index contributed by atoms with van der Waals surface area (Å²) in [5.41, 5.74) is 10.0. The SMILES string of the molecule is COc1cc(/C=N/NC(=O)Cc2nnc(N)s2)cc(Br)c1OCCOc1ccc(C(C)(C)C)cc1. The van der Waals surface area contributed by atoms with Gasteiger partial charge in [-0.05, 0) is 56.7 Å². The molecule has 0 unspecified atom stereocenters. The van der Waals surface area contributed by atoms with E-state index in [1.807, 2.05) is 18.2 Å². The molecule has 3 aromatic rings. The van der Waals surface area contributed by atoms with Crippen LogP contribution in [0.1, 0.15) is 36.9 Å². The van der Waals surface area contributed by atoms with Crippen LogP contribution in [-0.4, -0.2) is 42.6 Å². The third-order valence-electron chi connectivity index (χ3n) is 4.77. The highest BCUT2D eigenvalue weighted by Crippen LogP contribution is 2.36. The van der Waals surface area contributed by atoms with Crippen LogP contribution in [0.15, 0.2) is 46.0 Å². The number of nitrogen functional groups attached to an aromatic ring is 1. The van der Waals surface area contributed by atoms with Gasteiger partial charge < -0.3 is 19.9 Å². The van der Waals surface area contributed by atoms with Crippen molar-refractivity contribution in [3.05, 3.63) is 57.0 Å². The van der Waals surface area contributed by atoms with Gasteiger partial charge in [0.2, 0.25) is 11.0 Å². The van der Waals surface area contributed by atoms with E-state index in [4.69, 9.17) is 19.9 Å². The Morgan fingerprint density at radius 3 is 2.51 bits per heavy atom. The third kappa shape index (κ3) is 7.93. The molecule has 9 nitrogen and oxygen atoms in total. The van der Waals surface area contributed by atoms with Gasteiger partial charge in [0.05, 0.1) is 24.2 Å². The number of carbonyl (C=O) groups is 1. The first-order valence-electron chi connectivity index (χ1n) is 10.8. The van der Waals surface area contributed by atoms with Crippen molar-refractivity contribution < 1.29 is 19.0 Å². The van der Waals surface area contributed by atoms with Gasteiger partial charge in [0.25, 0.3) is 0 Å². The van der Waals surface area contributed by atoms with Crippen molar-refractivity contribution in [2.45, 2.75) is 32.6 Å². The molecule has 2 aromatic carbocycles. The largest absolute Gasteiger partial charge is 0.493 e. The number of carbonyl (C=O) groups excluding carboxylic acids is 1. The molecule has 0 fully saturated rings. The zero-order chi connectivity index (χ0) is 25.4. The number of hydrogen-bond acceptors (Lipinski definition) is 9. The summed E-state index contributed by atoms with van der Waals surface area (Å²) >= 11 is 4.67. The Morgan fingerprint density at radius 2 is 1.89 bits per heavy atom. The minimum absolute atomic E-state index is 0.0504. The maximum Gasteiger partial charge on any atom is 0.247 e. The van der Waals surface area contributed by atoms with Crippen molar-refractivity contribution in [2.24, 2.45) is 5.10 Å². The number of halogens is 1. The third-order valence-corrected chi connectivity index (χ3v) is 6.11. The van der Waals surface area contributed by atoms with Crippen LogP contribution in [0.4, 0.5) is 5.13 Å². The van der Waals surface area contributed by atoms with Crippen LogP contribution in [0.2, 0.25) is 0 Å². The first kappa shape index (κ1) is 26.4. The van der Waals surface area contributed by atoms with Gasteiger partial charge in [-0.15, -0.1) is 10.2 Å². The lowest BCUT2D eigenvalue weighted by atomic mass is 9.87. The van der Waals surface area contributed by atoms with E-state index in [2.05, 4.69) is 69.6 Å². The Morgan fingerprint density at radius 1 is 1.17 bits per heavy atom. The van der Waals surface area contributed by atoms with Gasteiger partial charge in [0.15, 0.2) is 11.5 Å². The van der Waals surface area contributed by atoms with Crippen molar-refractivity contribution >= 4 is 44.5 Å². The van der Waals surface area contributed by atoms with E-state index in [9.17, 15) is 4.79 Å². The molecule has 186 valence electrons. The maximum atomic E-state index is 12.0. The van der Waals surface area contributed by atoms with Gasteiger partial charge in [-0.2, -0.15) is 5.10 Å². The Kier molecular flexibility index (Phi) is 9.05. The molecule has 0 bridgehead atoms. The highest BCUT2D eigenvalue weighted by Gasteiger charge is 2.14. The van der Waals surface area contributed by atoms with Crippen molar-refractivity contribution in [1.82, 2.24) is 15.6 Å². The highest BCUT2D eigenvalue weighted by molar-refractivity contribution is 9.10. The number of hydrazone groups is 1. The molecule has 0 aliphatic rings. The van der Waals surface area contributed by atoms with Crippen LogP contribution >= 0.6 is 27.3 Å². The lowest BCUT2D eigenvalue weighted by Crippen LogP contribution is -2.19. The summed E-state index contributed by atoms with van der Waals surface area (Å²) in [7, 11) is 1.55. The van der Waals surface area contributed by atoms with Crippen LogP contribution in [-0.2, 0) is 16.6 Å². The van der Waals surface area contributed by atoms with Gasteiger partial charge in [-0.3, -0.25) is 4.79 Å². The van der Waals surface area contributed by atoms with Crippen LogP contribution < -0.4 is 25.4 Å². The number of rotatable bonds is 10. The normalized spacial score (nSPS) is 11.5. The molecule has 0 radical (unpaired) electrons. The van der Waals surface area contributed by atoms with Crippen LogP contribution in [0.3, 0.4) is 0 Å². The number of nitrogens with one attached hydrogen (secondary N) is 1. The number of methoxy groups -OCH3 is 1. The van der Waals surface area contributed by atoms with Gasteiger partial charge >= 0.3 is 0 Å². The number of anilines is 1. The number of hydrogen-bond donors (Lipinski definition) is 2. The topological polar surface area (TPSA) is 121 Å². The van der Waals surface area contributed by atoms with Crippen molar-refractivity contribution in [2.75, 3.05) is 26.1 Å². The smallest absolute Gasteiger partial charge is 0.247 e. The van der Waals surface area contributed by atoms with E-state index in [0.29, 0.717) is 44.9 Å². The summed E-state index contributed by atoms with van der Waals surface area (Å²) in [5.74, 6) is 1.53. The Bertz CT molecular complexity index is 1180. The molecule has 1 aromatic heterocycles. The number of nitrogens with two attached hydrogens (primary N) is 1. The summed E-state index contributed by atoms with van der Waals surface area (Å²) in [6, 6.07) is 11.6. The molecular weight excluding hydrogens is 534 g/mol. The predicted molar refractivity (Wildman–Crippen MR) is 141 cm³/mol. The number of nitrogens with zero attached hydrogens (tertiary/aromatic N) is 3. The zero-order valence-corrected chi connectivity index (χ0v) is 22.4. The molecule has 3 rings (SSSR count). The standard InChI is InChI=1S/C24H28BrN5O4S/c1-24(2,3)16-5-7-17(8-6-16)33-9-10-34-22-18(25)11-15(12-19(22)32-4)14-27-28-20(31)13-21-29-30-23(26)35-21/h5-8,11-12,14H,9-10,13H2,1-4H3,(H2,26,30)(H,28,31)/b27-14+. The molecule has 0 saturated carbocycles. The second-order valence-corrected chi connectivity index (χ2v) is 10.5. The molecular formula is C24H28BrN5O4S. The quantitative estimate of drug-likeness (QED) is 0.214. The minimum Gasteiger partial charge on any atom is -0.493 e. The first-order valence-corrected chi connectivity index (χ1v) is 12.4. The summed E-state index contributed by atoms with van der Waals surface area (Å²) < 4.78 is 17.8. The summed E-state index contributed by atoms with van der Waals surface area (Å²) in [4.78, 5) is 12.0. The fourth-order valence-corrected chi connectivity index (χ4v) is 4.18. The monoisotopic (exact) mass is 561 g/mol. The van der Waals surface area contributed by atoms with Gasteiger partial charge in [-0.1, -0.05) is 44.2 Å². The zero-order valence-electron chi connectivity index (χ0n) is 20.0. The molecule has 1 amide bonds. The average molecular weight is 562 g/mol. The van der Waals surface area contributed by atoms with E-state index >= 15 is 0 Å². The van der Waals surface area contributed by atoms with Crippen molar-refractivity contribution in [3.8, 4) is 17.2 Å². The summed E-state index contributed by atoms with van der Waals surface area (Å²) in [5, 5.41) is 12.3. The molecule has 0 saturated heterocycles. The van der Waals surface area contributed by atoms with E-state index in [-0.39, 0.29) is 17.7 Å². The van der Waals surface area contributed by atoms with Gasteiger partial charge in [0, 0.05) is 0 Å². The van der Waals surface area contributed by atoms with Crippen LogP contribution in [0.25, 0.3) is 0 Å². The Balaban J connectivity index is 1.52. The Hall–Kier alpha value is -3.18. The lowest BCUT2D eigenvalue weighted by molar-refractivity contribution is -0.120. The fraction of sp³-hybridized carbons (Fsp3) is 0.333. The second kappa shape index (κ2) is 12.0. The molecule has 0 aliphatic carbocycles. The van der Waals surface area contributed by atoms with Crippen molar-refractivity contribution in [3.63, 3.8) is 0 Å². The lowest BCUT2D eigenvalue weighted by Gasteiger charge is -2.19. The molecule has 1 heterocycles. The highest BCUT2D eigenvalue weighted by atomic mass is 79.9. The molecule has 0 aliphatic heterocycles. The van der Waals surface area contributed by atoms with E-state index < -0.39 is 0 Å². The first-order chi connectivity index (χ1) is 16.7. The predicted octanol–water partition coefficient (Wildman–Crippen LogP) is 4.34. The van der Waals surface area contributed by atoms with Crippen molar-refractivity contribution in [1.29, 1.82) is 0 Å². The van der Waals surface area contributed by atoms with E-state index in [1.54, 1.807) is 13.2 Å². The maximum absolute atomic E-state index is 12.0. The molecule has 0 atom stereocenters. The minimum atomic E-state index is -0.323. The van der Waals surface area contributed by atoms with E-state index in [1.165, 1.54) is 11.8 Å².